The molecule has 1 aliphatic rings. The SMILES string of the molecule is Cc1nc2c3c(nn2c(C)c1Cl)CN(C(=O)c1ccc(F)cc1OCCNCC(=O)O)C3. The molecule has 4 rings (SSSR count). The largest absolute Gasteiger partial charge is 0.491 e. The number of nitrogens with zero attached hydrogens (tertiary/aromatic N) is 4. The van der Waals surface area contributed by atoms with Crippen LogP contribution in [-0.2, 0) is 17.9 Å². The van der Waals surface area contributed by atoms with Gasteiger partial charge in [-0.15, -0.1) is 0 Å². The van der Waals surface area contributed by atoms with Gasteiger partial charge >= 0.3 is 5.97 Å². The fourth-order valence-corrected chi connectivity index (χ4v) is 3.77. The molecule has 2 N–H and O–H groups in total. The number of carboxylic acid groups (broad SMARTS) is 1. The van der Waals surface area contributed by atoms with Gasteiger partial charge in [0.25, 0.3) is 5.91 Å². The highest BCUT2D eigenvalue weighted by molar-refractivity contribution is 6.31. The van der Waals surface area contributed by atoms with Crippen molar-refractivity contribution in [2.24, 2.45) is 0 Å². The third-order valence-electron chi connectivity index (χ3n) is 5.23. The Bertz CT molecular complexity index is 1230. The molecule has 11 heteroatoms. The Hall–Kier alpha value is -3.24. The second kappa shape index (κ2) is 8.71. The Labute approximate surface area is 187 Å². The van der Waals surface area contributed by atoms with Crippen LogP contribution in [0.1, 0.15) is 33.0 Å². The highest BCUT2D eigenvalue weighted by Crippen LogP contribution is 2.31. The molecule has 1 amide bonds. The second-order valence-corrected chi connectivity index (χ2v) is 7.86. The number of aliphatic carboxylic acids is 1. The Kier molecular flexibility index (Phi) is 5.98. The van der Waals surface area contributed by atoms with Gasteiger partial charge in [0.15, 0.2) is 5.65 Å². The molecule has 0 aliphatic carbocycles. The molecule has 0 atom stereocenters. The number of amides is 1. The molecule has 0 spiro atoms. The van der Waals surface area contributed by atoms with Gasteiger partial charge in [-0.3, -0.25) is 9.59 Å². The molecular weight excluding hydrogens is 441 g/mol. The normalized spacial score (nSPS) is 12.9. The predicted molar refractivity (Wildman–Crippen MR) is 113 cm³/mol. The monoisotopic (exact) mass is 461 g/mol. The molecule has 1 aliphatic heterocycles. The first-order valence-electron chi connectivity index (χ1n) is 9.93. The van der Waals surface area contributed by atoms with Crippen molar-refractivity contribution in [3.63, 3.8) is 0 Å². The van der Waals surface area contributed by atoms with Crippen molar-refractivity contribution >= 4 is 29.1 Å². The van der Waals surface area contributed by atoms with Gasteiger partial charge in [0.2, 0.25) is 0 Å². The number of ether oxygens (including phenoxy) is 1. The molecule has 0 unspecified atom stereocenters. The Morgan fingerprint density at radius 2 is 2.09 bits per heavy atom. The Morgan fingerprint density at radius 1 is 1.31 bits per heavy atom. The van der Waals surface area contributed by atoms with E-state index in [1.54, 1.807) is 9.42 Å². The number of aromatic nitrogens is 3. The summed E-state index contributed by atoms with van der Waals surface area (Å²) in [5.74, 6) is -1.75. The van der Waals surface area contributed by atoms with Crippen LogP contribution in [0.15, 0.2) is 18.2 Å². The molecule has 0 saturated carbocycles. The van der Waals surface area contributed by atoms with E-state index in [1.165, 1.54) is 12.1 Å². The van der Waals surface area contributed by atoms with E-state index in [1.807, 2.05) is 13.8 Å². The fraction of sp³-hybridized carbons (Fsp3) is 0.333. The van der Waals surface area contributed by atoms with E-state index in [9.17, 15) is 14.0 Å². The number of aryl methyl sites for hydroxylation is 2. The summed E-state index contributed by atoms with van der Waals surface area (Å²) in [6.07, 6.45) is 0. The lowest BCUT2D eigenvalue weighted by molar-refractivity contribution is -0.135. The number of carbonyl (C=O) groups is 2. The summed E-state index contributed by atoms with van der Waals surface area (Å²) in [7, 11) is 0. The number of hydrogen-bond acceptors (Lipinski definition) is 6. The summed E-state index contributed by atoms with van der Waals surface area (Å²) in [5.41, 5.74) is 3.94. The smallest absolute Gasteiger partial charge is 0.317 e. The molecule has 3 aromatic rings. The van der Waals surface area contributed by atoms with Crippen LogP contribution in [0.5, 0.6) is 5.75 Å². The minimum atomic E-state index is -0.992. The Morgan fingerprint density at radius 3 is 2.84 bits per heavy atom. The highest BCUT2D eigenvalue weighted by atomic mass is 35.5. The lowest BCUT2D eigenvalue weighted by atomic mass is 10.1. The maximum Gasteiger partial charge on any atom is 0.317 e. The van der Waals surface area contributed by atoms with Crippen LogP contribution < -0.4 is 10.1 Å². The summed E-state index contributed by atoms with van der Waals surface area (Å²) >= 11 is 6.28. The molecule has 0 radical (unpaired) electrons. The van der Waals surface area contributed by atoms with Crippen LogP contribution in [0.2, 0.25) is 5.02 Å². The van der Waals surface area contributed by atoms with Gasteiger partial charge in [-0.25, -0.2) is 13.9 Å². The van der Waals surface area contributed by atoms with E-state index < -0.39 is 11.8 Å². The topological polar surface area (TPSA) is 109 Å². The number of rotatable bonds is 7. The average molecular weight is 462 g/mol. The minimum Gasteiger partial charge on any atom is -0.491 e. The van der Waals surface area contributed by atoms with Crippen LogP contribution in [0.4, 0.5) is 4.39 Å². The third kappa shape index (κ3) is 4.11. The number of benzene rings is 1. The Balaban J connectivity index is 1.52. The van der Waals surface area contributed by atoms with E-state index in [-0.39, 0.29) is 43.5 Å². The van der Waals surface area contributed by atoms with Gasteiger partial charge in [0.05, 0.1) is 47.3 Å². The molecule has 0 fully saturated rings. The molecule has 32 heavy (non-hydrogen) atoms. The first-order valence-corrected chi connectivity index (χ1v) is 10.3. The van der Waals surface area contributed by atoms with Crippen LogP contribution >= 0.6 is 11.6 Å². The van der Waals surface area contributed by atoms with Gasteiger partial charge in [-0.05, 0) is 26.0 Å². The predicted octanol–water partition coefficient (Wildman–Crippen LogP) is 2.35. The quantitative estimate of drug-likeness (QED) is 0.520. The molecular formula is C21H21ClFN5O4. The fourth-order valence-electron chi connectivity index (χ4n) is 3.65. The number of hydrogen-bond donors (Lipinski definition) is 2. The van der Waals surface area contributed by atoms with Crippen LogP contribution in [0, 0.1) is 19.7 Å². The van der Waals surface area contributed by atoms with Crippen molar-refractivity contribution in [1.82, 2.24) is 24.8 Å². The molecule has 2 aromatic heterocycles. The molecule has 168 valence electrons. The molecule has 9 nitrogen and oxygen atoms in total. The molecule has 0 saturated heterocycles. The van der Waals surface area contributed by atoms with Gasteiger partial charge in [-0.2, -0.15) is 5.10 Å². The maximum absolute atomic E-state index is 13.8. The second-order valence-electron chi connectivity index (χ2n) is 7.48. The molecule has 1 aromatic carbocycles. The average Bonchev–Trinajstić information content (AvgIpc) is 3.30. The summed E-state index contributed by atoms with van der Waals surface area (Å²) < 4.78 is 21.0. The van der Waals surface area contributed by atoms with Crippen LogP contribution in [0.25, 0.3) is 5.65 Å². The standard InChI is InChI=1S/C21H21ClFN5O4/c1-11-19(22)12(2)28-20(25-11)15-9-27(10-16(15)26-28)21(31)14-4-3-13(23)7-17(14)32-6-5-24-8-18(29)30/h3-4,7,24H,5-6,8-10H2,1-2H3,(H,29,30). The minimum absolute atomic E-state index is 0.0777. The van der Waals surface area contributed by atoms with Crippen molar-refractivity contribution < 1.29 is 23.8 Å². The van der Waals surface area contributed by atoms with Gasteiger partial charge in [-0.1, -0.05) is 11.6 Å². The third-order valence-corrected chi connectivity index (χ3v) is 5.78. The van der Waals surface area contributed by atoms with Crippen molar-refractivity contribution in [1.29, 1.82) is 0 Å². The van der Waals surface area contributed by atoms with E-state index in [2.05, 4.69) is 15.4 Å². The zero-order valence-electron chi connectivity index (χ0n) is 17.5. The van der Waals surface area contributed by atoms with E-state index in [4.69, 9.17) is 21.4 Å². The van der Waals surface area contributed by atoms with E-state index in [0.717, 1.165) is 23.0 Å². The van der Waals surface area contributed by atoms with Crippen molar-refractivity contribution in [3.05, 3.63) is 57.2 Å². The number of fused-ring (bicyclic) bond motifs is 3. The van der Waals surface area contributed by atoms with Gasteiger partial charge in [0, 0.05) is 18.2 Å². The number of halogens is 2. The van der Waals surface area contributed by atoms with Crippen molar-refractivity contribution in [3.8, 4) is 5.75 Å². The van der Waals surface area contributed by atoms with Crippen LogP contribution in [0.3, 0.4) is 0 Å². The summed E-state index contributed by atoms with van der Waals surface area (Å²) in [4.78, 5) is 29.9. The molecule has 3 heterocycles. The van der Waals surface area contributed by atoms with Crippen molar-refractivity contribution in [2.75, 3.05) is 19.7 Å². The lowest BCUT2D eigenvalue weighted by Crippen LogP contribution is -2.28. The van der Waals surface area contributed by atoms with Gasteiger partial charge in [0.1, 0.15) is 18.2 Å². The summed E-state index contributed by atoms with van der Waals surface area (Å²) in [6.45, 7) is 4.37. The zero-order chi connectivity index (χ0) is 23.0. The first kappa shape index (κ1) is 22.0. The van der Waals surface area contributed by atoms with Crippen molar-refractivity contribution in [2.45, 2.75) is 26.9 Å². The first-order chi connectivity index (χ1) is 15.3. The number of carbonyl (C=O) groups excluding carboxylic acids is 1. The number of nitrogens with one attached hydrogen (secondary N) is 1. The zero-order valence-corrected chi connectivity index (χ0v) is 18.2. The maximum atomic E-state index is 13.8. The highest BCUT2D eigenvalue weighted by Gasteiger charge is 2.31. The summed E-state index contributed by atoms with van der Waals surface area (Å²) in [5, 5.41) is 16.4. The number of carboxylic acids is 1. The van der Waals surface area contributed by atoms with Gasteiger partial charge < -0.3 is 20.1 Å². The van der Waals surface area contributed by atoms with E-state index in [0.29, 0.717) is 22.9 Å². The molecule has 0 bridgehead atoms. The van der Waals surface area contributed by atoms with E-state index >= 15 is 0 Å². The lowest BCUT2D eigenvalue weighted by Gasteiger charge is -2.18. The summed E-state index contributed by atoms with van der Waals surface area (Å²) in [6, 6.07) is 3.73. The van der Waals surface area contributed by atoms with Crippen LogP contribution in [-0.4, -0.2) is 56.2 Å².